The Hall–Kier alpha value is -0.610. The smallest absolute Gasteiger partial charge is 0.305 e. The molecule has 0 radical (unpaired) electrons. The summed E-state index contributed by atoms with van der Waals surface area (Å²) in [5.74, 6) is 0.641. The van der Waals surface area contributed by atoms with Crippen LogP contribution in [-0.4, -0.2) is 39.4 Å². The molecule has 0 atom stereocenters. The number of esters is 1. The van der Waals surface area contributed by atoms with Crippen LogP contribution in [0, 0.1) is 5.92 Å². The maximum atomic E-state index is 11.4. The Balaban J connectivity index is 1.96. The number of carbonyl (C=O) groups is 1. The zero-order valence-corrected chi connectivity index (χ0v) is 10.2. The van der Waals surface area contributed by atoms with E-state index < -0.39 is 0 Å². The predicted octanol–water partition coefficient (Wildman–Crippen LogP) is 1.35. The molecule has 1 N–H and O–H groups in total. The third kappa shape index (κ3) is 6.08. The van der Waals surface area contributed by atoms with Crippen LogP contribution in [0.3, 0.4) is 0 Å². The highest BCUT2D eigenvalue weighted by molar-refractivity contribution is 5.69. The van der Waals surface area contributed by atoms with Gasteiger partial charge in [-0.05, 0) is 38.3 Å². The molecule has 0 amide bonds. The van der Waals surface area contributed by atoms with Crippen LogP contribution < -0.4 is 5.32 Å². The van der Waals surface area contributed by atoms with Gasteiger partial charge in [0.2, 0.25) is 0 Å². The predicted molar refractivity (Wildman–Crippen MR) is 62.3 cm³/mol. The zero-order valence-electron chi connectivity index (χ0n) is 10.2. The third-order valence-corrected chi connectivity index (χ3v) is 2.97. The van der Waals surface area contributed by atoms with Crippen molar-refractivity contribution < 1.29 is 14.3 Å². The quantitative estimate of drug-likeness (QED) is 0.529. The summed E-state index contributed by atoms with van der Waals surface area (Å²) in [6.07, 6.45) is 4.71. The average Bonchev–Trinajstić information content (AvgIpc) is 2.33. The van der Waals surface area contributed by atoms with E-state index >= 15 is 0 Å². The highest BCUT2D eigenvalue weighted by Crippen LogP contribution is 2.17. The van der Waals surface area contributed by atoms with Crippen molar-refractivity contribution in [2.45, 2.75) is 32.1 Å². The van der Waals surface area contributed by atoms with Crippen molar-refractivity contribution in [3.63, 3.8) is 0 Å². The lowest BCUT2D eigenvalue weighted by Crippen LogP contribution is -2.28. The lowest BCUT2D eigenvalue weighted by Gasteiger charge is -2.21. The number of nitrogens with one attached hydrogen (secondary N) is 1. The Morgan fingerprint density at radius 2 is 2.06 bits per heavy atom. The molecule has 0 spiro atoms. The van der Waals surface area contributed by atoms with Crippen molar-refractivity contribution in [2.24, 2.45) is 5.92 Å². The Morgan fingerprint density at radius 1 is 1.31 bits per heavy atom. The van der Waals surface area contributed by atoms with Gasteiger partial charge in [0.1, 0.15) is 0 Å². The maximum absolute atomic E-state index is 11.4. The number of piperidine rings is 1. The molecule has 0 aliphatic carbocycles. The summed E-state index contributed by atoms with van der Waals surface area (Å²) in [6.45, 7) is 3.32. The molecule has 94 valence electrons. The fourth-order valence-corrected chi connectivity index (χ4v) is 1.95. The summed E-state index contributed by atoms with van der Waals surface area (Å²) in [4.78, 5) is 11.4. The van der Waals surface area contributed by atoms with Crippen molar-refractivity contribution >= 4 is 5.97 Å². The molecule has 0 bridgehead atoms. The highest BCUT2D eigenvalue weighted by atomic mass is 16.5. The van der Waals surface area contributed by atoms with Crippen molar-refractivity contribution in [3.05, 3.63) is 0 Å². The van der Waals surface area contributed by atoms with E-state index in [1.165, 1.54) is 12.8 Å². The summed E-state index contributed by atoms with van der Waals surface area (Å²) in [5.41, 5.74) is 0. The molecular weight excluding hydrogens is 206 g/mol. The monoisotopic (exact) mass is 229 g/mol. The van der Waals surface area contributed by atoms with Crippen LogP contribution in [0.5, 0.6) is 0 Å². The number of ether oxygens (including phenoxy) is 2. The third-order valence-electron chi connectivity index (χ3n) is 2.97. The molecule has 0 saturated carbocycles. The molecule has 1 heterocycles. The average molecular weight is 229 g/mol. The summed E-state index contributed by atoms with van der Waals surface area (Å²) < 4.78 is 9.98. The number of rotatable bonds is 7. The van der Waals surface area contributed by atoms with Gasteiger partial charge < -0.3 is 14.8 Å². The molecule has 0 aromatic heterocycles. The largest absolute Gasteiger partial charge is 0.466 e. The van der Waals surface area contributed by atoms with Crippen LogP contribution in [0.2, 0.25) is 0 Å². The minimum absolute atomic E-state index is 0.0605. The molecule has 0 unspecified atom stereocenters. The Labute approximate surface area is 97.7 Å². The molecule has 4 nitrogen and oxygen atoms in total. The molecule has 16 heavy (non-hydrogen) atoms. The minimum Gasteiger partial charge on any atom is -0.466 e. The molecule has 1 fully saturated rings. The van der Waals surface area contributed by atoms with Crippen molar-refractivity contribution in [1.29, 1.82) is 0 Å². The summed E-state index contributed by atoms with van der Waals surface area (Å²) in [6, 6.07) is 0. The van der Waals surface area contributed by atoms with Gasteiger partial charge in [0.15, 0.2) is 0 Å². The molecule has 1 saturated heterocycles. The Kier molecular flexibility index (Phi) is 7.17. The molecule has 1 aliphatic rings. The molecule has 4 heteroatoms. The maximum Gasteiger partial charge on any atom is 0.305 e. The van der Waals surface area contributed by atoms with Crippen LogP contribution in [0.25, 0.3) is 0 Å². The van der Waals surface area contributed by atoms with Gasteiger partial charge in [0.05, 0.1) is 6.61 Å². The fraction of sp³-hybridized carbons (Fsp3) is 0.917. The minimum atomic E-state index is -0.0605. The Morgan fingerprint density at radius 3 is 2.75 bits per heavy atom. The van der Waals surface area contributed by atoms with Crippen LogP contribution in [-0.2, 0) is 14.3 Å². The van der Waals surface area contributed by atoms with E-state index in [2.05, 4.69) is 5.32 Å². The highest BCUT2D eigenvalue weighted by Gasteiger charge is 2.14. The van der Waals surface area contributed by atoms with E-state index in [1.807, 2.05) is 0 Å². The first-order valence-electron chi connectivity index (χ1n) is 6.18. The lowest BCUT2D eigenvalue weighted by molar-refractivity contribution is -0.144. The van der Waals surface area contributed by atoms with E-state index in [0.717, 1.165) is 25.9 Å². The molecular formula is C12H23NO3. The molecule has 0 aromatic rings. The van der Waals surface area contributed by atoms with Gasteiger partial charge in [0.25, 0.3) is 0 Å². The van der Waals surface area contributed by atoms with Gasteiger partial charge in [-0.3, -0.25) is 4.79 Å². The first-order chi connectivity index (χ1) is 7.83. The van der Waals surface area contributed by atoms with Crippen molar-refractivity contribution in [3.8, 4) is 0 Å². The number of methoxy groups -OCH3 is 1. The van der Waals surface area contributed by atoms with Crippen molar-refractivity contribution in [1.82, 2.24) is 5.32 Å². The van der Waals surface area contributed by atoms with Gasteiger partial charge in [0, 0.05) is 26.6 Å². The van der Waals surface area contributed by atoms with Gasteiger partial charge in [-0.25, -0.2) is 0 Å². The first kappa shape index (κ1) is 13.5. The molecule has 1 aliphatic heterocycles. The normalized spacial score (nSPS) is 17.3. The summed E-state index contributed by atoms with van der Waals surface area (Å²) >= 11 is 0. The second-order valence-corrected chi connectivity index (χ2v) is 4.30. The Bertz CT molecular complexity index is 191. The van der Waals surface area contributed by atoms with Gasteiger partial charge in [-0.15, -0.1) is 0 Å². The molecule has 1 rings (SSSR count). The van der Waals surface area contributed by atoms with Gasteiger partial charge in [-0.2, -0.15) is 0 Å². The number of hydrogen-bond donors (Lipinski definition) is 1. The lowest BCUT2D eigenvalue weighted by atomic mass is 9.93. The van der Waals surface area contributed by atoms with Crippen LogP contribution in [0.1, 0.15) is 32.1 Å². The van der Waals surface area contributed by atoms with Gasteiger partial charge in [-0.1, -0.05) is 0 Å². The van der Waals surface area contributed by atoms with Crippen molar-refractivity contribution in [2.75, 3.05) is 33.4 Å². The van der Waals surface area contributed by atoms with Crippen LogP contribution in [0.15, 0.2) is 0 Å². The topological polar surface area (TPSA) is 47.6 Å². The van der Waals surface area contributed by atoms with Crippen LogP contribution in [0.4, 0.5) is 0 Å². The van der Waals surface area contributed by atoms with Gasteiger partial charge >= 0.3 is 5.97 Å². The first-order valence-corrected chi connectivity index (χ1v) is 6.18. The number of carbonyl (C=O) groups excluding carboxylic acids is 1. The zero-order chi connectivity index (χ0) is 11.6. The standard InChI is InChI=1S/C12H23NO3/c1-15-9-2-10-16-12(14)4-3-11-5-7-13-8-6-11/h11,13H,2-10H2,1H3. The fourth-order valence-electron chi connectivity index (χ4n) is 1.95. The summed E-state index contributed by atoms with van der Waals surface area (Å²) in [7, 11) is 1.65. The van der Waals surface area contributed by atoms with E-state index in [0.29, 0.717) is 25.6 Å². The van der Waals surface area contributed by atoms with E-state index in [9.17, 15) is 4.79 Å². The molecule has 0 aromatic carbocycles. The number of hydrogen-bond acceptors (Lipinski definition) is 4. The second kappa shape index (κ2) is 8.53. The van der Waals surface area contributed by atoms with E-state index in [-0.39, 0.29) is 5.97 Å². The van der Waals surface area contributed by atoms with E-state index in [4.69, 9.17) is 9.47 Å². The second-order valence-electron chi connectivity index (χ2n) is 4.30. The SMILES string of the molecule is COCCCOC(=O)CCC1CCNCC1. The van der Waals surface area contributed by atoms with Crippen LogP contribution >= 0.6 is 0 Å². The summed E-state index contributed by atoms with van der Waals surface area (Å²) in [5, 5.41) is 3.32. The van der Waals surface area contributed by atoms with E-state index in [1.54, 1.807) is 7.11 Å².